The van der Waals surface area contributed by atoms with Crippen LogP contribution >= 0.6 is 11.3 Å². The number of anilines is 1. The number of carbonyl (C=O) groups excluding carboxylic acids is 3. The Morgan fingerprint density at radius 1 is 0.875 bits per heavy atom. The van der Waals surface area contributed by atoms with Gasteiger partial charge in [-0.1, -0.05) is 60.7 Å². The molecule has 1 aliphatic heterocycles. The molecule has 0 saturated heterocycles. The molecule has 0 radical (unpaired) electrons. The molecule has 5 rings (SSSR count). The molecule has 1 aliphatic rings. The molecule has 0 fully saturated rings. The van der Waals surface area contributed by atoms with Gasteiger partial charge in [0.1, 0.15) is 0 Å². The first kappa shape index (κ1) is 19.8. The van der Waals surface area contributed by atoms with Crippen molar-refractivity contribution in [1.29, 1.82) is 0 Å². The zero-order valence-corrected chi connectivity index (χ0v) is 17.6. The van der Waals surface area contributed by atoms with Crippen LogP contribution in [0.4, 0.5) is 5.13 Å². The molecule has 32 heavy (non-hydrogen) atoms. The number of nitrogens with one attached hydrogen (secondary N) is 1. The summed E-state index contributed by atoms with van der Waals surface area (Å²) < 4.78 is 0. The summed E-state index contributed by atoms with van der Waals surface area (Å²) in [6.45, 7) is 0.191. The highest BCUT2D eigenvalue weighted by Crippen LogP contribution is 2.27. The SMILES string of the molecule is O=C(Nc1nc(-c2ccccc2)cs1)c1ccc2c(c1)C(=O)N(Cc1ccccc1)C2=O. The Kier molecular flexibility index (Phi) is 5.09. The second kappa shape index (κ2) is 8.20. The second-order valence-electron chi connectivity index (χ2n) is 7.30. The van der Waals surface area contributed by atoms with Gasteiger partial charge in [0.2, 0.25) is 0 Å². The largest absolute Gasteiger partial charge is 0.298 e. The fourth-order valence-corrected chi connectivity index (χ4v) is 4.30. The highest BCUT2D eigenvalue weighted by molar-refractivity contribution is 7.14. The summed E-state index contributed by atoms with van der Waals surface area (Å²) in [7, 11) is 0. The van der Waals surface area contributed by atoms with Crippen LogP contribution in [0.25, 0.3) is 11.3 Å². The van der Waals surface area contributed by atoms with Crippen molar-refractivity contribution in [3.05, 3.63) is 106 Å². The summed E-state index contributed by atoms with van der Waals surface area (Å²) >= 11 is 1.32. The van der Waals surface area contributed by atoms with Gasteiger partial charge in [0, 0.05) is 16.5 Å². The number of aromatic nitrogens is 1. The van der Waals surface area contributed by atoms with Crippen LogP contribution in [0.3, 0.4) is 0 Å². The van der Waals surface area contributed by atoms with E-state index in [0.29, 0.717) is 16.3 Å². The van der Waals surface area contributed by atoms with E-state index in [0.717, 1.165) is 16.8 Å². The normalized spacial score (nSPS) is 12.7. The third-order valence-electron chi connectivity index (χ3n) is 5.21. The molecule has 0 aliphatic carbocycles. The number of carbonyl (C=O) groups is 3. The number of thiazole rings is 1. The molecule has 3 amide bonds. The predicted molar refractivity (Wildman–Crippen MR) is 123 cm³/mol. The number of hydrogen-bond acceptors (Lipinski definition) is 5. The smallest absolute Gasteiger partial charge is 0.261 e. The van der Waals surface area contributed by atoms with Gasteiger partial charge in [-0.2, -0.15) is 0 Å². The van der Waals surface area contributed by atoms with E-state index in [1.54, 1.807) is 6.07 Å². The lowest BCUT2D eigenvalue weighted by atomic mass is 10.1. The molecule has 6 nitrogen and oxygen atoms in total. The Labute approximate surface area is 188 Å². The Bertz CT molecular complexity index is 1330. The van der Waals surface area contributed by atoms with Gasteiger partial charge in [-0.25, -0.2) is 4.98 Å². The van der Waals surface area contributed by atoms with Crippen LogP contribution in [0.2, 0.25) is 0 Å². The molecule has 3 aromatic carbocycles. The van der Waals surface area contributed by atoms with Gasteiger partial charge in [-0.3, -0.25) is 24.6 Å². The Morgan fingerprint density at radius 2 is 1.56 bits per heavy atom. The fourth-order valence-electron chi connectivity index (χ4n) is 3.58. The molecule has 1 N–H and O–H groups in total. The highest BCUT2D eigenvalue weighted by atomic mass is 32.1. The van der Waals surface area contributed by atoms with Crippen LogP contribution in [0.15, 0.2) is 84.2 Å². The van der Waals surface area contributed by atoms with Crippen molar-refractivity contribution in [2.24, 2.45) is 0 Å². The summed E-state index contributed by atoms with van der Waals surface area (Å²) in [6.07, 6.45) is 0. The van der Waals surface area contributed by atoms with Crippen LogP contribution in [0, 0.1) is 0 Å². The van der Waals surface area contributed by atoms with Gasteiger partial charge in [0.15, 0.2) is 5.13 Å². The minimum atomic E-state index is -0.399. The lowest BCUT2D eigenvalue weighted by molar-refractivity contribution is 0.0642. The third-order valence-corrected chi connectivity index (χ3v) is 5.97. The molecule has 0 spiro atoms. The lowest BCUT2D eigenvalue weighted by Gasteiger charge is -2.13. The topological polar surface area (TPSA) is 79.4 Å². The van der Waals surface area contributed by atoms with Crippen molar-refractivity contribution < 1.29 is 14.4 Å². The standard InChI is InChI=1S/C25H17N3O3S/c29-22(27-25-26-21(15-32-25)17-9-5-2-6-10-17)18-11-12-19-20(13-18)24(31)28(23(19)30)14-16-7-3-1-4-8-16/h1-13,15H,14H2,(H,26,27,29). The Morgan fingerprint density at radius 3 is 2.31 bits per heavy atom. The van der Waals surface area contributed by atoms with Crippen molar-refractivity contribution >= 4 is 34.2 Å². The quantitative estimate of drug-likeness (QED) is 0.451. The predicted octanol–water partition coefficient (Wildman–Crippen LogP) is 4.86. The maximum Gasteiger partial charge on any atom is 0.261 e. The molecule has 0 bridgehead atoms. The first-order valence-corrected chi connectivity index (χ1v) is 10.8. The third kappa shape index (κ3) is 3.70. The van der Waals surface area contributed by atoms with E-state index < -0.39 is 5.91 Å². The van der Waals surface area contributed by atoms with Gasteiger partial charge in [-0.15, -0.1) is 11.3 Å². The summed E-state index contributed by atoms with van der Waals surface area (Å²) in [5, 5.41) is 5.11. The van der Waals surface area contributed by atoms with E-state index in [1.807, 2.05) is 66.0 Å². The van der Waals surface area contributed by atoms with Crippen LogP contribution < -0.4 is 5.32 Å². The molecule has 156 valence electrons. The summed E-state index contributed by atoms with van der Waals surface area (Å²) in [6, 6.07) is 23.6. The van der Waals surface area contributed by atoms with Crippen LogP contribution in [-0.4, -0.2) is 27.6 Å². The van der Waals surface area contributed by atoms with Gasteiger partial charge in [0.25, 0.3) is 17.7 Å². The number of benzene rings is 3. The highest BCUT2D eigenvalue weighted by Gasteiger charge is 2.36. The maximum atomic E-state index is 12.9. The average molecular weight is 439 g/mol. The van der Waals surface area contributed by atoms with Gasteiger partial charge in [0.05, 0.1) is 23.4 Å². The number of rotatable bonds is 5. The zero-order chi connectivity index (χ0) is 22.1. The van der Waals surface area contributed by atoms with E-state index in [4.69, 9.17) is 0 Å². The molecule has 0 unspecified atom stereocenters. The van der Waals surface area contributed by atoms with E-state index in [9.17, 15) is 14.4 Å². The number of nitrogens with zero attached hydrogens (tertiary/aromatic N) is 2. The Balaban J connectivity index is 1.34. The molecule has 1 aromatic heterocycles. The summed E-state index contributed by atoms with van der Waals surface area (Å²) in [4.78, 5) is 44.0. The molecule has 0 atom stereocenters. The molecular weight excluding hydrogens is 422 g/mol. The molecule has 0 saturated carbocycles. The zero-order valence-electron chi connectivity index (χ0n) is 16.8. The number of hydrogen-bond donors (Lipinski definition) is 1. The van der Waals surface area contributed by atoms with Crippen molar-refractivity contribution in [3.8, 4) is 11.3 Å². The van der Waals surface area contributed by atoms with Crippen LogP contribution in [-0.2, 0) is 6.54 Å². The monoisotopic (exact) mass is 439 g/mol. The van der Waals surface area contributed by atoms with E-state index in [1.165, 1.54) is 28.4 Å². The molecule has 7 heteroatoms. The van der Waals surface area contributed by atoms with Crippen molar-refractivity contribution in [1.82, 2.24) is 9.88 Å². The molecule has 2 heterocycles. The summed E-state index contributed by atoms with van der Waals surface area (Å²) in [5.74, 6) is -1.14. The van der Waals surface area contributed by atoms with Gasteiger partial charge < -0.3 is 0 Å². The van der Waals surface area contributed by atoms with Crippen molar-refractivity contribution in [2.75, 3.05) is 5.32 Å². The van der Waals surface area contributed by atoms with Gasteiger partial charge >= 0.3 is 0 Å². The molecule has 4 aromatic rings. The molecular formula is C25H17N3O3S. The van der Waals surface area contributed by atoms with Crippen molar-refractivity contribution in [2.45, 2.75) is 6.54 Å². The lowest BCUT2D eigenvalue weighted by Crippen LogP contribution is -2.29. The first-order valence-electron chi connectivity index (χ1n) is 9.96. The van der Waals surface area contributed by atoms with E-state index in [-0.39, 0.29) is 23.9 Å². The van der Waals surface area contributed by atoms with Crippen LogP contribution in [0.1, 0.15) is 36.6 Å². The number of imide groups is 1. The number of fused-ring (bicyclic) bond motifs is 1. The minimum Gasteiger partial charge on any atom is -0.298 e. The summed E-state index contributed by atoms with van der Waals surface area (Å²) in [5.41, 5.74) is 3.44. The first-order chi connectivity index (χ1) is 15.6. The maximum absolute atomic E-state index is 12.9. The average Bonchev–Trinajstić information content (AvgIpc) is 3.39. The second-order valence-corrected chi connectivity index (χ2v) is 8.16. The van der Waals surface area contributed by atoms with Crippen molar-refractivity contribution in [3.63, 3.8) is 0 Å². The fraction of sp³-hybridized carbons (Fsp3) is 0.0400. The van der Waals surface area contributed by atoms with E-state index in [2.05, 4.69) is 10.3 Å². The minimum absolute atomic E-state index is 0.191. The van der Waals surface area contributed by atoms with Gasteiger partial charge in [-0.05, 0) is 23.8 Å². The van der Waals surface area contributed by atoms with Crippen LogP contribution in [0.5, 0.6) is 0 Å². The number of amides is 3. The Hall–Kier alpha value is -4.10. The van der Waals surface area contributed by atoms with E-state index >= 15 is 0 Å².